The smallest absolute Gasteiger partial charge is 0.339 e. The topological polar surface area (TPSA) is 109 Å². The molecule has 0 saturated heterocycles. The van der Waals surface area contributed by atoms with Crippen molar-refractivity contribution >= 4 is 22.2 Å². The van der Waals surface area contributed by atoms with Crippen LogP contribution in [-0.4, -0.2) is 27.7 Å². The van der Waals surface area contributed by atoms with Gasteiger partial charge in [-0.15, -0.1) is 0 Å². The molecule has 0 fully saturated rings. The van der Waals surface area contributed by atoms with Gasteiger partial charge in [0.2, 0.25) is 0 Å². The Bertz CT molecular complexity index is 913. The lowest BCUT2D eigenvalue weighted by atomic mass is 10.2. The van der Waals surface area contributed by atoms with Gasteiger partial charge in [0.15, 0.2) is 0 Å². The number of nitriles is 1. The molecule has 0 unspecified atom stereocenters. The highest BCUT2D eigenvalue weighted by molar-refractivity contribution is 7.89. The molecule has 0 heterocycles. The standard InChI is InChI=1S/C16H13N3O4S/c1-23-16(20)14-4-2-3-5-15(14)24(21,22)19-18-11-13-8-6-12(10-17)7-9-13/h2-9,11,19H,1H3/b18-11+. The lowest BCUT2D eigenvalue weighted by Crippen LogP contribution is -2.21. The van der Waals surface area contributed by atoms with Gasteiger partial charge in [-0.2, -0.15) is 18.8 Å². The number of esters is 1. The first-order chi connectivity index (χ1) is 11.5. The van der Waals surface area contributed by atoms with Crippen LogP contribution in [0.5, 0.6) is 0 Å². The number of sulfonamides is 1. The Morgan fingerprint density at radius 2 is 1.88 bits per heavy atom. The molecule has 2 aromatic rings. The van der Waals surface area contributed by atoms with Crippen LogP contribution in [0.3, 0.4) is 0 Å². The normalized spacial score (nSPS) is 11.0. The molecule has 0 aliphatic carbocycles. The van der Waals surface area contributed by atoms with Crippen LogP contribution in [0.15, 0.2) is 58.5 Å². The van der Waals surface area contributed by atoms with E-state index in [0.717, 1.165) is 0 Å². The van der Waals surface area contributed by atoms with Crippen LogP contribution < -0.4 is 4.83 Å². The number of carbonyl (C=O) groups excluding carboxylic acids is 1. The molecule has 2 aromatic carbocycles. The van der Waals surface area contributed by atoms with Crippen molar-refractivity contribution in [3.63, 3.8) is 0 Å². The molecule has 0 saturated carbocycles. The molecule has 2 rings (SSSR count). The third kappa shape index (κ3) is 3.97. The fraction of sp³-hybridized carbons (Fsp3) is 0.0625. The molecule has 0 amide bonds. The van der Waals surface area contributed by atoms with Crippen LogP contribution in [0, 0.1) is 11.3 Å². The monoisotopic (exact) mass is 343 g/mol. The van der Waals surface area contributed by atoms with E-state index in [2.05, 4.69) is 9.84 Å². The highest BCUT2D eigenvalue weighted by Gasteiger charge is 2.21. The molecule has 0 bridgehead atoms. The maximum atomic E-state index is 12.3. The van der Waals surface area contributed by atoms with Gasteiger partial charge < -0.3 is 4.74 Å². The Labute approximate surface area is 139 Å². The minimum atomic E-state index is -4.03. The Hall–Kier alpha value is -3.18. The van der Waals surface area contributed by atoms with Crippen molar-refractivity contribution in [2.75, 3.05) is 7.11 Å². The Balaban J connectivity index is 2.21. The number of nitrogens with zero attached hydrogens (tertiary/aromatic N) is 2. The average Bonchev–Trinajstić information content (AvgIpc) is 2.61. The number of hydrazone groups is 1. The largest absolute Gasteiger partial charge is 0.465 e. The first-order valence-corrected chi connectivity index (χ1v) is 8.18. The lowest BCUT2D eigenvalue weighted by Gasteiger charge is -2.08. The predicted octanol–water partition coefficient (Wildman–Crippen LogP) is 1.66. The van der Waals surface area contributed by atoms with E-state index < -0.39 is 16.0 Å². The summed E-state index contributed by atoms with van der Waals surface area (Å²) in [5, 5.41) is 12.4. The Morgan fingerprint density at radius 3 is 2.50 bits per heavy atom. The van der Waals surface area contributed by atoms with Crippen molar-refractivity contribution in [1.82, 2.24) is 4.83 Å². The molecule has 0 spiro atoms. The van der Waals surface area contributed by atoms with Crippen molar-refractivity contribution in [2.24, 2.45) is 5.10 Å². The number of hydrogen-bond acceptors (Lipinski definition) is 6. The first kappa shape index (κ1) is 17.2. The second-order valence-corrected chi connectivity index (χ2v) is 6.20. The van der Waals surface area contributed by atoms with Crippen molar-refractivity contribution in [3.8, 4) is 6.07 Å². The fourth-order valence-electron chi connectivity index (χ4n) is 1.84. The first-order valence-electron chi connectivity index (χ1n) is 6.70. The van der Waals surface area contributed by atoms with E-state index in [-0.39, 0.29) is 10.5 Å². The zero-order chi connectivity index (χ0) is 17.6. The minimum Gasteiger partial charge on any atom is -0.465 e. The molecule has 7 nitrogen and oxygen atoms in total. The number of rotatable bonds is 5. The molecule has 0 aliphatic rings. The molecule has 8 heteroatoms. The van der Waals surface area contributed by atoms with Gasteiger partial charge in [0.1, 0.15) is 4.90 Å². The Morgan fingerprint density at radius 1 is 1.21 bits per heavy atom. The van der Waals surface area contributed by atoms with E-state index in [1.165, 1.54) is 37.6 Å². The van der Waals surface area contributed by atoms with Crippen molar-refractivity contribution in [1.29, 1.82) is 5.26 Å². The summed E-state index contributed by atoms with van der Waals surface area (Å²) in [5.41, 5.74) is 1.01. The minimum absolute atomic E-state index is 0.0823. The summed E-state index contributed by atoms with van der Waals surface area (Å²) in [5.74, 6) is -0.757. The van der Waals surface area contributed by atoms with Crippen LogP contribution >= 0.6 is 0 Å². The van der Waals surface area contributed by atoms with Crippen LogP contribution in [0.25, 0.3) is 0 Å². The predicted molar refractivity (Wildman–Crippen MR) is 86.9 cm³/mol. The van der Waals surface area contributed by atoms with Crippen LogP contribution in [0.4, 0.5) is 0 Å². The molecule has 0 radical (unpaired) electrons. The number of benzene rings is 2. The molecule has 24 heavy (non-hydrogen) atoms. The Kier molecular flexibility index (Phi) is 5.29. The fourth-order valence-corrected chi connectivity index (χ4v) is 2.83. The third-order valence-corrected chi connectivity index (χ3v) is 4.29. The molecule has 0 atom stereocenters. The summed E-state index contributed by atoms with van der Waals surface area (Å²) >= 11 is 0. The van der Waals surface area contributed by atoms with Gasteiger partial charge in [-0.25, -0.2) is 9.63 Å². The summed E-state index contributed by atoms with van der Waals surface area (Å²) in [6.07, 6.45) is 1.29. The van der Waals surface area contributed by atoms with Crippen LogP contribution in [0.2, 0.25) is 0 Å². The SMILES string of the molecule is COC(=O)c1ccccc1S(=O)(=O)N/N=C/c1ccc(C#N)cc1. The summed E-state index contributed by atoms with van der Waals surface area (Å²) in [6, 6.07) is 14.1. The van der Waals surface area contributed by atoms with Crippen LogP contribution in [0.1, 0.15) is 21.5 Å². The molecular formula is C16H13N3O4S. The van der Waals surface area contributed by atoms with Gasteiger partial charge in [-0.3, -0.25) is 0 Å². The van der Waals surface area contributed by atoms with Crippen molar-refractivity contribution < 1.29 is 17.9 Å². The van der Waals surface area contributed by atoms with E-state index in [4.69, 9.17) is 5.26 Å². The van der Waals surface area contributed by atoms with E-state index in [9.17, 15) is 13.2 Å². The zero-order valence-electron chi connectivity index (χ0n) is 12.6. The van der Waals surface area contributed by atoms with E-state index in [1.807, 2.05) is 10.9 Å². The number of hydrogen-bond donors (Lipinski definition) is 1. The zero-order valence-corrected chi connectivity index (χ0v) is 13.4. The highest BCUT2D eigenvalue weighted by Crippen LogP contribution is 2.16. The molecule has 1 N–H and O–H groups in total. The molecule has 0 aliphatic heterocycles. The summed E-state index contributed by atoms with van der Waals surface area (Å²) in [7, 11) is -2.86. The third-order valence-electron chi connectivity index (χ3n) is 3.01. The summed E-state index contributed by atoms with van der Waals surface area (Å²) in [4.78, 5) is 13.5. The second-order valence-electron chi connectivity index (χ2n) is 4.57. The number of nitrogens with one attached hydrogen (secondary N) is 1. The van der Waals surface area contributed by atoms with Gasteiger partial charge in [0.05, 0.1) is 30.5 Å². The van der Waals surface area contributed by atoms with Gasteiger partial charge in [-0.05, 0) is 29.8 Å². The molecule has 122 valence electrons. The van der Waals surface area contributed by atoms with E-state index in [1.54, 1.807) is 24.3 Å². The van der Waals surface area contributed by atoms with Gasteiger partial charge >= 0.3 is 5.97 Å². The maximum absolute atomic E-state index is 12.3. The number of ether oxygens (including phenoxy) is 1. The quantitative estimate of drug-likeness (QED) is 0.504. The number of methoxy groups -OCH3 is 1. The van der Waals surface area contributed by atoms with E-state index >= 15 is 0 Å². The maximum Gasteiger partial charge on any atom is 0.339 e. The summed E-state index contributed by atoms with van der Waals surface area (Å²) in [6.45, 7) is 0. The molecule has 0 aromatic heterocycles. The molecular weight excluding hydrogens is 330 g/mol. The lowest BCUT2D eigenvalue weighted by molar-refractivity contribution is 0.0596. The average molecular weight is 343 g/mol. The summed E-state index contributed by atoms with van der Waals surface area (Å²) < 4.78 is 29.1. The second kappa shape index (κ2) is 7.39. The van der Waals surface area contributed by atoms with Gasteiger partial charge in [0.25, 0.3) is 10.0 Å². The van der Waals surface area contributed by atoms with Crippen molar-refractivity contribution in [2.45, 2.75) is 4.90 Å². The number of carbonyl (C=O) groups is 1. The van der Waals surface area contributed by atoms with Crippen molar-refractivity contribution in [3.05, 3.63) is 65.2 Å². The highest BCUT2D eigenvalue weighted by atomic mass is 32.2. The van der Waals surface area contributed by atoms with Gasteiger partial charge in [-0.1, -0.05) is 24.3 Å². The van der Waals surface area contributed by atoms with E-state index in [0.29, 0.717) is 11.1 Å². The van der Waals surface area contributed by atoms with Gasteiger partial charge in [0, 0.05) is 0 Å². The van der Waals surface area contributed by atoms with Crippen LogP contribution in [-0.2, 0) is 14.8 Å².